The van der Waals surface area contributed by atoms with Crippen molar-refractivity contribution in [3.05, 3.63) is 11.6 Å². The van der Waals surface area contributed by atoms with Crippen LogP contribution in [-0.4, -0.2) is 12.5 Å². The van der Waals surface area contributed by atoms with Gasteiger partial charge in [-0.15, -0.1) is 0 Å². The molecule has 0 radical (unpaired) electrons. The van der Waals surface area contributed by atoms with Crippen molar-refractivity contribution in [1.29, 1.82) is 0 Å². The molecule has 0 atom stereocenters. The lowest BCUT2D eigenvalue weighted by Crippen LogP contribution is -2.26. The minimum absolute atomic E-state index is 0.0498. The summed E-state index contributed by atoms with van der Waals surface area (Å²) in [7, 11) is 0. The predicted octanol–water partition coefficient (Wildman–Crippen LogP) is 0.453. The van der Waals surface area contributed by atoms with E-state index in [4.69, 9.17) is 0 Å². The van der Waals surface area contributed by atoms with Gasteiger partial charge in [0.05, 0.1) is 0 Å². The second kappa shape index (κ2) is 1.99. The van der Waals surface area contributed by atoms with Crippen molar-refractivity contribution in [2.75, 3.05) is 6.54 Å². The molecular formula is C6H9NO. The molecule has 0 unspecified atom stereocenters. The molecule has 0 aromatic rings. The zero-order valence-corrected chi connectivity index (χ0v) is 4.90. The average molecular weight is 111 g/mol. The van der Waals surface area contributed by atoms with Crippen molar-refractivity contribution in [2.24, 2.45) is 0 Å². The molecule has 0 saturated carbocycles. The molecule has 1 N–H and O–H groups in total. The first-order valence-electron chi connectivity index (χ1n) is 2.74. The van der Waals surface area contributed by atoms with Crippen LogP contribution in [0.25, 0.3) is 0 Å². The summed E-state index contributed by atoms with van der Waals surface area (Å²) < 4.78 is 0. The van der Waals surface area contributed by atoms with Gasteiger partial charge in [0.1, 0.15) is 0 Å². The Kier molecular flexibility index (Phi) is 1.33. The molecule has 0 fully saturated rings. The molecule has 0 saturated heterocycles. The number of hydrogen-bond acceptors (Lipinski definition) is 1. The highest BCUT2D eigenvalue weighted by atomic mass is 16.1. The second-order valence-electron chi connectivity index (χ2n) is 2.03. The quantitative estimate of drug-likeness (QED) is 0.483. The topological polar surface area (TPSA) is 29.1 Å². The Morgan fingerprint density at radius 1 is 1.75 bits per heavy atom. The monoisotopic (exact) mass is 111 g/mol. The maximum Gasteiger partial charge on any atom is 0.243 e. The number of amides is 1. The van der Waals surface area contributed by atoms with Gasteiger partial charge in [0.15, 0.2) is 0 Å². The number of rotatable bonds is 0. The Morgan fingerprint density at radius 3 is 2.88 bits per heavy atom. The molecule has 1 rings (SSSR count). The molecule has 0 bridgehead atoms. The highest BCUT2D eigenvalue weighted by molar-refractivity contribution is 5.88. The Balaban J connectivity index is 2.64. The van der Waals surface area contributed by atoms with Crippen molar-refractivity contribution < 1.29 is 4.79 Å². The van der Waals surface area contributed by atoms with E-state index in [1.165, 1.54) is 5.57 Å². The molecule has 1 amide bonds. The fraction of sp³-hybridized carbons (Fsp3) is 0.500. The Morgan fingerprint density at radius 2 is 2.50 bits per heavy atom. The number of carbonyl (C=O) groups excluding carboxylic acids is 1. The van der Waals surface area contributed by atoms with Crippen LogP contribution in [0.2, 0.25) is 0 Å². The summed E-state index contributed by atoms with van der Waals surface area (Å²) in [5, 5.41) is 2.70. The van der Waals surface area contributed by atoms with E-state index in [1.54, 1.807) is 6.08 Å². The van der Waals surface area contributed by atoms with E-state index in [1.807, 2.05) is 6.92 Å². The first-order chi connectivity index (χ1) is 3.79. The molecule has 0 aromatic heterocycles. The van der Waals surface area contributed by atoms with Crippen LogP contribution >= 0.6 is 0 Å². The van der Waals surface area contributed by atoms with Gasteiger partial charge in [-0.25, -0.2) is 0 Å². The van der Waals surface area contributed by atoms with E-state index >= 15 is 0 Å². The maximum absolute atomic E-state index is 10.5. The zero-order chi connectivity index (χ0) is 5.98. The van der Waals surface area contributed by atoms with Gasteiger partial charge in [0.25, 0.3) is 0 Å². The summed E-state index contributed by atoms with van der Waals surface area (Å²) in [5.41, 5.74) is 1.17. The number of hydrogen-bond donors (Lipinski definition) is 1. The summed E-state index contributed by atoms with van der Waals surface area (Å²) in [6.07, 6.45) is 2.65. The zero-order valence-electron chi connectivity index (χ0n) is 4.90. The fourth-order valence-corrected chi connectivity index (χ4v) is 0.730. The van der Waals surface area contributed by atoms with Gasteiger partial charge >= 0.3 is 0 Å². The maximum atomic E-state index is 10.5. The molecule has 44 valence electrons. The normalized spacial score (nSPS) is 19.6. The smallest absolute Gasteiger partial charge is 0.243 e. The number of nitrogens with one attached hydrogen (secondary N) is 1. The molecule has 0 aromatic carbocycles. The van der Waals surface area contributed by atoms with Crippen LogP contribution in [0.4, 0.5) is 0 Å². The summed E-state index contributed by atoms with van der Waals surface area (Å²) in [6.45, 7) is 2.78. The number of carbonyl (C=O) groups is 1. The van der Waals surface area contributed by atoms with Crippen molar-refractivity contribution in [3.8, 4) is 0 Å². The van der Waals surface area contributed by atoms with Crippen LogP contribution in [0.15, 0.2) is 11.6 Å². The van der Waals surface area contributed by atoms with Crippen molar-refractivity contribution in [2.45, 2.75) is 13.3 Å². The van der Waals surface area contributed by atoms with Crippen molar-refractivity contribution in [3.63, 3.8) is 0 Å². The molecule has 0 spiro atoms. The van der Waals surface area contributed by atoms with Crippen LogP contribution < -0.4 is 5.32 Å². The minimum Gasteiger partial charge on any atom is -0.352 e. The lowest BCUT2D eigenvalue weighted by atomic mass is 10.1. The van der Waals surface area contributed by atoms with E-state index < -0.39 is 0 Å². The van der Waals surface area contributed by atoms with Gasteiger partial charge in [0, 0.05) is 12.6 Å². The van der Waals surface area contributed by atoms with E-state index in [9.17, 15) is 4.79 Å². The van der Waals surface area contributed by atoms with Gasteiger partial charge in [-0.3, -0.25) is 4.79 Å². The standard InChI is InChI=1S/C6H9NO/c1-5-2-3-7-6(8)4-5/h4H,2-3H2,1H3,(H,7,8). The van der Waals surface area contributed by atoms with Crippen molar-refractivity contribution >= 4 is 5.91 Å². The third-order valence-corrected chi connectivity index (χ3v) is 1.20. The van der Waals surface area contributed by atoms with Crippen LogP contribution in [0.1, 0.15) is 13.3 Å². The fourth-order valence-electron chi connectivity index (χ4n) is 0.730. The second-order valence-corrected chi connectivity index (χ2v) is 2.03. The highest BCUT2D eigenvalue weighted by Gasteiger charge is 2.02. The minimum atomic E-state index is 0.0498. The Bertz CT molecular complexity index is 137. The third kappa shape index (κ3) is 1.09. The van der Waals surface area contributed by atoms with E-state index in [2.05, 4.69) is 5.32 Å². The van der Waals surface area contributed by atoms with Gasteiger partial charge < -0.3 is 5.32 Å². The van der Waals surface area contributed by atoms with Gasteiger partial charge in [-0.05, 0) is 13.3 Å². The first-order valence-corrected chi connectivity index (χ1v) is 2.74. The molecule has 1 aliphatic heterocycles. The van der Waals surface area contributed by atoms with Crippen LogP contribution in [0, 0.1) is 0 Å². The largest absolute Gasteiger partial charge is 0.352 e. The predicted molar refractivity (Wildman–Crippen MR) is 31.4 cm³/mol. The van der Waals surface area contributed by atoms with Crippen LogP contribution in [0.3, 0.4) is 0 Å². The molecule has 1 heterocycles. The molecule has 2 nitrogen and oxygen atoms in total. The Labute approximate surface area is 48.6 Å². The van der Waals surface area contributed by atoms with Crippen LogP contribution in [-0.2, 0) is 4.79 Å². The van der Waals surface area contributed by atoms with Gasteiger partial charge in [-0.2, -0.15) is 0 Å². The third-order valence-electron chi connectivity index (χ3n) is 1.20. The lowest BCUT2D eigenvalue weighted by Gasteiger charge is -2.08. The molecule has 1 aliphatic rings. The average Bonchev–Trinajstić information content (AvgIpc) is 1.64. The first kappa shape index (κ1) is 5.35. The highest BCUT2D eigenvalue weighted by Crippen LogP contribution is 2.01. The van der Waals surface area contributed by atoms with E-state index in [0.717, 1.165) is 13.0 Å². The molecule has 2 heteroatoms. The van der Waals surface area contributed by atoms with Crippen molar-refractivity contribution in [1.82, 2.24) is 5.32 Å². The van der Waals surface area contributed by atoms with Gasteiger partial charge in [-0.1, -0.05) is 5.57 Å². The molecular weight excluding hydrogens is 102 g/mol. The summed E-state index contributed by atoms with van der Waals surface area (Å²) in [5.74, 6) is 0.0498. The SMILES string of the molecule is CC1=CC(=O)NCC1. The Hall–Kier alpha value is -0.790. The van der Waals surface area contributed by atoms with E-state index in [-0.39, 0.29) is 5.91 Å². The lowest BCUT2D eigenvalue weighted by molar-refractivity contribution is -0.116. The molecule has 8 heavy (non-hydrogen) atoms. The molecule has 0 aliphatic carbocycles. The van der Waals surface area contributed by atoms with Gasteiger partial charge in [0.2, 0.25) is 5.91 Å². The summed E-state index contributed by atoms with van der Waals surface area (Å²) in [6, 6.07) is 0. The van der Waals surface area contributed by atoms with Crippen LogP contribution in [0.5, 0.6) is 0 Å². The summed E-state index contributed by atoms with van der Waals surface area (Å²) >= 11 is 0. The summed E-state index contributed by atoms with van der Waals surface area (Å²) in [4.78, 5) is 10.5. The van der Waals surface area contributed by atoms with E-state index in [0.29, 0.717) is 0 Å².